The van der Waals surface area contributed by atoms with Crippen LogP contribution in [0.3, 0.4) is 0 Å². The largest absolute Gasteiger partial charge is 0.324 e. The highest BCUT2D eigenvalue weighted by Gasteiger charge is 2.58. The summed E-state index contributed by atoms with van der Waals surface area (Å²) >= 11 is 12.1. The molecule has 2 aliphatic rings. The van der Waals surface area contributed by atoms with Gasteiger partial charge in [-0.1, -0.05) is 41.4 Å². The minimum atomic E-state index is -0.997. The molecule has 0 spiro atoms. The van der Waals surface area contributed by atoms with Gasteiger partial charge in [0.25, 0.3) is 0 Å². The van der Waals surface area contributed by atoms with Crippen molar-refractivity contribution in [2.24, 2.45) is 5.41 Å². The second-order valence-corrected chi connectivity index (χ2v) is 7.34. The summed E-state index contributed by atoms with van der Waals surface area (Å²) in [5, 5.41) is 3.65. The summed E-state index contributed by atoms with van der Waals surface area (Å²) in [6.07, 6.45) is 1.92. The fraction of sp³-hybridized carbons (Fsp3) is 0.263. The van der Waals surface area contributed by atoms with E-state index < -0.39 is 5.41 Å². The van der Waals surface area contributed by atoms with Crippen LogP contribution in [0.2, 0.25) is 10.0 Å². The zero-order valence-corrected chi connectivity index (χ0v) is 14.9. The highest BCUT2D eigenvalue weighted by atomic mass is 35.5. The van der Waals surface area contributed by atoms with Gasteiger partial charge >= 0.3 is 0 Å². The molecule has 2 amide bonds. The van der Waals surface area contributed by atoms with Crippen LogP contribution in [0.15, 0.2) is 42.5 Å². The van der Waals surface area contributed by atoms with Gasteiger partial charge in [-0.25, -0.2) is 0 Å². The molecule has 0 aromatic heterocycles. The van der Waals surface area contributed by atoms with Gasteiger partial charge in [0.1, 0.15) is 5.41 Å². The van der Waals surface area contributed by atoms with Gasteiger partial charge in [0.15, 0.2) is 0 Å². The van der Waals surface area contributed by atoms with Gasteiger partial charge in [0, 0.05) is 17.3 Å². The lowest BCUT2D eigenvalue weighted by Gasteiger charge is -2.23. The first kappa shape index (κ1) is 16.4. The third-order valence-corrected chi connectivity index (χ3v) is 5.47. The lowest BCUT2D eigenvalue weighted by molar-refractivity contribution is -0.132. The van der Waals surface area contributed by atoms with Crippen LogP contribution in [0, 0.1) is 5.41 Å². The molecule has 4 nitrogen and oxygen atoms in total. The molecule has 1 saturated carbocycles. The molecular weight excluding hydrogens is 359 g/mol. The predicted molar refractivity (Wildman–Crippen MR) is 99.3 cm³/mol. The Morgan fingerprint density at radius 3 is 2.60 bits per heavy atom. The summed E-state index contributed by atoms with van der Waals surface area (Å²) in [7, 11) is 0. The van der Waals surface area contributed by atoms with Crippen LogP contribution in [0.5, 0.6) is 0 Å². The Morgan fingerprint density at radius 1 is 1.08 bits per heavy atom. The molecule has 0 radical (unpaired) electrons. The van der Waals surface area contributed by atoms with E-state index in [1.165, 1.54) is 0 Å². The molecule has 128 valence electrons. The maximum absolute atomic E-state index is 13.1. The van der Waals surface area contributed by atoms with Gasteiger partial charge < -0.3 is 10.2 Å². The fourth-order valence-electron chi connectivity index (χ4n) is 3.31. The second-order valence-electron chi connectivity index (χ2n) is 6.50. The summed E-state index contributed by atoms with van der Waals surface area (Å²) in [4.78, 5) is 27.6. The number of nitrogens with zero attached hydrogens (tertiary/aromatic N) is 1. The number of hydrogen-bond donors (Lipinski definition) is 1. The van der Waals surface area contributed by atoms with Crippen LogP contribution >= 0.6 is 23.2 Å². The van der Waals surface area contributed by atoms with Crippen LogP contribution in [0.4, 0.5) is 11.4 Å². The number of carbonyl (C=O) groups is 2. The minimum Gasteiger partial charge on any atom is -0.324 e. The van der Waals surface area contributed by atoms with Gasteiger partial charge in [-0.05, 0) is 49.1 Å². The van der Waals surface area contributed by atoms with E-state index in [9.17, 15) is 9.59 Å². The van der Waals surface area contributed by atoms with Crippen LogP contribution in [-0.4, -0.2) is 18.4 Å². The Labute approximate surface area is 155 Å². The summed E-state index contributed by atoms with van der Waals surface area (Å²) in [6, 6.07) is 12.7. The number of benzene rings is 2. The predicted octanol–water partition coefficient (Wildman–Crippen LogP) is 4.30. The molecular formula is C19H16Cl2N2O2. The summed E-state index contributed by atoms with van der Waals surface area (Å²) in [5.74, 6) is -0.445. The zero-order chi connectivity index (χ0) is 17.6. The molecule has 2 aromatic rings. The van der Waals surface area contributed by atoms with Crippen molar-refractivity contribution < 1.29 is 9.59 Å². The van der Waals surface area contributed by atoms with Crippen molar-refractivity contribution in [3.63, 3.8) is 0 Å². The number of nitrogens with one attached hydrogen (secondary N) is 1. The zero-order valence-electron chi connectivity index (χ0n) is 13.4. The Bertz CT molecular complexity index is 877. The molecule has 1 heterocycles. The number of rotatable bonds is 3. The van der Waals surface area contributed by atoms with Crippen molar-refractivity contribution in [1.82, 2.24) is 0 Å². The lowest BCUT2D eigenvalue weighted by atomic mass is 10.0. The van der Waals surface area contributed by atoms with Crippen LogP contribution in [-0.2, 0) is 16.0 Å². The molecule has 1 aliphatic heterocycles. The van der Waals surface area contributed by atoms with Crippen molar-refractivity contribution in [1.29, 1.82) is 0 Å². The third kappa shape index (κ3) is 2.79. The lowest BCUT2D eigenvalue weighted by Crippen LogP contribution is -2.42. The molecule has 1 fully saturated rings. The van der Waals surface area contributed by atoms with Crippen molar-refractivity contribution >= 4 is 46.4 Å². The van der Waals surface area contributed by atoms with Gasteiger partial charge in [0.05, 0.1) is 10.7 Å². The number of amides is 2. The number of para-hydroxylation sites is 1. The van der Waals surface area contributed by atoms with E-state index in [2.05, 4.69) is 5.32 Å². The van der Waals surface area contributed by atoms with E-state index in [4.69, 9.17) is 23.2 Å². The van der Waals surface area contributed by atoms with E-state index in [1.54, 1.807) is 23.1 Å². The standard InChI is InChI=1S/C19H16Cl2N2O2/c20-13-5-6-14(21)15(11-13)22-17(24)19(8-9-19)18(25)23-10-7-12-3-1-2-4-16(12)23/h1-6,11H,7-10H2,(H,22,24). The topological polar surface area (TPSA) is 49.4 Å². The van der Waals surface area contributed by atoms with Crippen molar-refractivity contribution in [3.05, 3.63) is 58.1 Å². The number of fused-ring (bicyclic) bond motifs is 1. The number of halogens is 2. The Kier molecular flexibility index (Phi) is 3.97. The number of carbonyl (C=O) groups excluding carboxylic acids is 2. The first-order valence-electron chi connectivity index (χ1n) is 8.18. The molecule has 0 saturated heterocycles. The average molecular weight is 375 g/mol. The van der Waals surface area contributed by atoms with E-state index in [0.717, 1.165) is 17.7 Å². The van der Waals surface area contributed by atoms with E-state index in [-0.39, 0.29) is 11.8 Å². The van der Waals surface area contributed by atoms with Gasteiger partial charge in [0.2, 0.25) is 11.8 Å². The molecule has 0 bridgehead atoms. The van der Waals surface area contributed by atoms with Crippen molar-refractivity contribution in [2.45, 2.75) is 19.3 Å². The van der Waals surface area contributed by atoms with Gasteiger partial charge in [-0.3, -0.25) is 9.59 Å². The molecule has 6 heteroatoms. The van der Waals surface area contributed by atoms with Crippen molar-refractivity contribution in [3.8, 4) is 0 Å². The summed E-state index contributed by atoms with van der Waals surface area (Å²) in [5.41, 5.74) is 1.49. The van der Waals surface area contributed by atoms with Gasteiger partial charge in [-0.2, -0.15) is 0 Å². The molecule has 25 heavy (non-hydrogen) atoms. The molecule has 0 unspecified atom stereocenters. The van der Waals surface area contributed by atoms with E-state index in [0.29, 0.717) is 35.1 Å². The van der Waals surface area contributed by atoms with Crippen LogP contribution < -0.4 is 10.2 Å². The summed E-state index contributed by atoms with van der Waals surface area (Å²) < 4.78 is 0. The molecule has 1 aliphatic carbocycles. The molecule has 4 rings (SSSR count). The van der Waals surface area contributed by atoms with E-state index in [1.807, 2.05) is 24.3 Å². The maximum Gasteiger partial charge on any atom is 0.242 e. The average Bonchev–Trinajstić information content (AvgIpc) is 3.31. The normalized spacial score (nSPS) is 17.1. The molecule has 2 aromatic carbocycles. The molecule has 0 atom stereocenters. The van der Waals surface area contributed by atoms with E-state index >= 15 is 0 Å². The second kappa shape index (κ2) is 6.04. The van der Waals surface area contributed by atoms with Crippen molar-refractivity contribution in [2.75, 3.05) is 16.8 Å². The number of anilines is 2. The number of hydrogen-bond acceptors (Lipinski definition) is 2. The van der Waals surface area contributed by atoms with Gasteiger partial charge in [-0.15, -0.1) is 0 Å². The molecule has 1 N–H and O–H groups in total. The Hall–Kier alpha value is -2.04. The fourth-order valence-corrected chi connectivity index (χ4v) is 3.64. The quantitative estimate of drug-likeness (QED) is 0.814. The smallest absolute Gasteiger partial charge is 0.242 e. The first-order chi connectivity index (χ1) is 12.0. The SMILES string of the molecule is O=C(Nc1cc(Cl)ccc1Cl)C1(C(=O)N2CCc3ccccc32)CC1. The Morgan fingerprint density at radius 2 is 1.84 bits per heavy atom. The third-order valence-electron chi connectivity index (χ3n) is 4.90. The van der Waals surface area contributed by atoms with Crippen LogP contribution in [0.1, 0.15) is 18.4 Å². The summed E-state index contributed by atoms with van der Waals surface area (Å²) in [6.45, 7) is 0.616. The van der Waals surface area contributed by atoms with Crippen LogP contribution in [0.25, 0.3) is 0 Å². The highest BCUT2D eigenvalue weighted by molar-refractivity contribution is 6.36. The highest BCUT2D eigenvalue weighted by Crippen LogP contribution is 2.50. The maximum atomic E-state index is 13.1. The Balaban J connectivity index is 1.57. The minimum absolute atomic E-state index is 0.131. The monoisotopic (exact) mass is 374 g/mol. The first-order valence-corrected chi connectivity index (χ1v) is 8.93.